The highest BCUT2D eigenvalue weighted by molar-refractivity contribution is 6.97. The molecule has 10 heavy (non-hydrogen) atoms. The Labute approximate surface area is 64.1 Å². The first-order valence-corrected chi connectivity index (χ1v) is 4.20. The summed E-state index contributed by atoms with van der Waals surface area (Å²) in [5, 5.41) is 1.33. The lowest BCUT2D eigenvalue weighted by molar-refractivity contribution is 0.823. The maximum Gasteiger partial charge on any atom is 0.0543 e. The molecule has 0 bridgehead atoms. The Morgan fingerprint density at radius 1 is 1.00 bits per heavy atom. The van der Waals surface area contributed by atoms with Gasteiger partial charge in [0.1, 0.15) is 0 Å². The van der Waals surface area contributed by atoms with Crippen LogP contribution in [0.25, 0.3) is 0 Å². The first kappa shape index (κ1) is 12.1. The highest BCUT2D eigenvalue weighted by atomic mass is 28.2. The van der Waals surface area contributed by atoms with Gasteiger partial charge in [-0.1, -0.05) is 35.5 Å². The summed E-state index contributed by atoms with van der Waals surface area (Å²) in [6.07, 6.45) is 0. The molecule has 0 fully saturated rings. The highest BCUT2D eigenvalue weighted by Crippen LogP contribution is 1.78. The third-order valence-corrected chi connectivity index (χ3v) is 2.02. The fraction of sp³-hybridized carbons (Fsp3) is 0. The Balaban J connectivity index is 0. The summed E-state index contributed by atoms with van der Waals surface area (Å²) in [4.78, 5) is 0. The van der Waals surface area contributed by atoms with Crippen molar-refractivity contribution in [1.82, 2.24) is 0 Å². The molecule has 4 N–H and O–H groups in total. The lowest BCUT2D eigenvalue weighted by atomic mass is 10.4. The second-order valence-corrected chi connectivity index (χ2v) is 2.91. The summed E-state index contributed by atoms with van der Waals surface area (Å²) in [6.45, 7) is 0. The van der Waals surface area contributed by atoms with Crippen molar-refractivity contribution in [2.45, 2.75) is 0 Å². The van der Waals surface area contributed by atoms with Crippen LogP contribution >= 0.6 is 0 Å². The fourth-order valence-corrected chi connectivity index (χ4v) is 1.16. The summed E-state index contributed by atoms with van der Waals surface area (Å²) in [5.74, 6) is 0. The molecule has 2 radical (unpaired) electrons. The Bertz CT molecular complexity index is 157. The predicted molar refractivity (Wildman–Crippen MR) is 47.6 cm³/mol. The van der Waals surface area contributed by atoms with Gasteiger partial charge in [0.15, 0.2) is 0 Å². The highest BCUT2D eigenvalue weighted by Gasteiger charge is 1.80. The molecule has 0 saturated heterocycles. The van der Waals surface area contributed by atoms with Gasteiger partial charge in [-0.15, -0.1) is 0 Å². The number of benzene rings is 1. The average molecular weight is 154 g/mol. The zero-order chi connectivity index (χ0) is 5.82. The molecule has 0 saturated carbocycles. The Morgan fingerprint density at radius 3 is 1.80 bits per heavy atom. The third kappa shape index (κ3) is 3.45. The van der Waals surface area contributed by atoms with Crippen LogP contribution in [0.3, 0.4) is 0 Å². The van der Waals surface area contributed by atoms with E-state index in [4.69, 9.17) is 7.44 Å². The fourth-order valence-electron chi connectivity index (χ4n) is 0.614. The van der Waals surface area contributed by atoms with Crippen LogP contribution in [0.2, 0.25) is 0 Å². The second kappa shape index (κ2) is 6.54. The molecule has 54 valence electrons. The van der Waals surface area contributed by atoms with Gasteiger partial charge in [0, 0.05) is 9.39 Å². The first-order chi connectivity index (χ1) is 3.93. The van der Waals surface area contributed by atoms with E-state index in [9.17, 15) is 0 Å². The zero-order valence-electron chi connectivity index (χ0n) is 5.67. The van der Waals surface area contributed by atoms with Crippen LogP contribution in [-0.4, -0.2) is 27.8 Å². The third-order valence-electron chi connectivity index (χ3n) is 1.08. The second-order valence-electron chi connectivity index (χ2n) is 1.69. The van der Waals surface area contributed by atoms with Gasteiger partial charge in [0.05, 0.1) is 7.44 Å². The minimum Gasteiger partial charge on any atom is -0.412 e. The average Bonchev–Trinajstić information content (AvgIpc) is 1.90. The Morgan fingerprint density at radius 2 is 1.50 bits per heavy atom. The number of hydrogen-bond acceptors (Lipinski definition) is 0. The molecule has 1 aromatic rings. The van der Waals surface area contributed by atoms with E-state index in [0.717, 1.165) is 0 Å². The van der Waals surface area contributed by atoms with Crippen molar-refractivity contribution in [3.8, 4) is 0 Å². The maximum absolute atomic E-state index is 5.49. The molecule has 0 unspecified atom stereocenters. The van der Waals surface area contributed by atoms with Crippen LogP contribution in [0.1, 0.15) is 0 Å². The SMILES string of the molecule is O.O.[B][SiH2]c1ccccc1. The van der Waals surface area contributed by atoms with Crippen molar-refractivity contribution in [3.05, 3.63) is 30.3 Å². The van der Waals surface area contributed by atoms with Gasteiger partial charge in [-0.05, 0) is 0 Å². The molecule has 4 heteroatoms. The van der Waals surface area contributed by atoms with Crippen molar-refractivity contribution in [1.29, 1.82) is 0 Å². The van der Waals surface area contributed by atoms with E-state index in [1.54, 1.807) is 0 Å². The van der Waals surface area contributed by atoms with Crippen LogP contribution in [0, 0.1) is 0 Å². The van der Waals surface area contributed by atoms with Crippen LogP contribution < -0.4 is 5.19 Å². The van der Waals surface area contributed by atoms with Gasteiger partial charge in [0.2, 0.25) is 0 Å². The molecule has 0 aliphatic carbocycles. The smallest absolute Gasteiger partial charge is 0.0543 e. The molecule has 1 aromatic carbocycles. The molecule has 2 nitrogen and oxygen atoms in total. The largest absolute Gasteiger partial charge is 0.412 e. The van der Waals surface area contributed by atoms with E-state index in [1.165, 1.54) is 5.19 Å². The standard InChI is InChI=1S/C6H7BSi.2H2O/c7-8-6-4-2-1-3-5-6;;/h1-5H,8H2;2*1H2. The van der Waals surface area contributed by atoms with Crippen molar-refractivity contribution in [2.24, 2.45) is 0 Å². The molecule has 0 aliphatic heterocycles. The minimum absolute atomic E-state index is 0. The predicted octanol–water partition coefficient (Wildman–Crippen LogP) is -2.09. The molecule has 0 spiro atoms. The van der Waals surface area contributed by atoms with Gasteiger partial charge in [0.25, 0.3) is 0 Å². The van der Waals surface area contributed by atoms with Crippen molar-refractivity contribution in [3.63, 3.8) is 0 Å². The van der Waals surface area contributed by atoms with Crippen LogP contribution in [-0.2, 0) is 0 Å². The molecule has 0 aromatic heterocycles. The molecule has 0 amide bonds. The van der Waals surface area contributed by atoms with Gasteiger partial charge >= 0.3 is 0 Å². The van der Waals surface area contributed by atoms with Crippen molar-refractivity contribution < 1.29 is 11.0 Å². The molecule has 0 aliphatic rings. The quantitative estimate of drug-likeness (QED) is 0.416. The Kier molecular flexibility index (Phi) is 7.93. The van der Waals surface area contributed by atoms with Crippen LogP contribution in [0.4, 0.5) is 0 Å². The van der Waals surface area contributed by atoms with E-state index in [0.29, 0.717) is 0 Å². The topological polar surface area (TPSA) is 63.0 Å². The van der Waals surface area contributed by atoms with E-state index < -0.39 is 9.39 Å². The van der Waals surface area contributed by atoms with Crippen molar-refractivity contribution >= 4 is 22.0 Å². The summed E-state index contributed by atoms with van der Waals surface area (Å²) < 4.78 is 0. The van der Waals surface area contributed by atoms with Crippen molar-refractivity contribution in [2.75, 3.05) is 0 Å². The summed E-state index contributed by atoms with van der Waals surface area (Å²) in [6, 6.07) is 10.2. The van der Waals surface area contributed by atoms with E-state index in [-0.39, 0.29) is 11.0 Å². The lowest BCUT2D eigenvalue weighted by Gasteiger charge is -1.89. The van der Waals surface area contributed by atoms with E-state index >= 15 is 0 Å². The van der Waals surface area contributed by atoms with E-state index in [1.807, 2.05) is 18.2 Å². The Hall–Kier alpha value is -0.578. The first-order valence-electron chi connectivity index (χ1n) is 2.67. The van der Waals surface area contributed by atoms with E-state index in [2.05, 4.69) is 12.1 Å². The lowest BCUT2D eigenvalue weighted by Crippen LogP contribution is -2.12. The summed E-state index contributed by atoms with van der Waals surface area (Å²) in [5.41, 5.74) is 0. The summed E-state index contributed by atoms with van der Waals surface area (Å²) >= 11 is 0. The van der Waals surface area contributed by atoms with Gasteiger partial charge < -0.3 is 11.0 Å². The maximum atomic E-state index is 5.49. The van der Waals surface area contributed by atoms with Gasteiger partial charge in [-0.2, -0.15) is 0 Å². The van der Waals surface area contributed by atoms with Crippen LogP contribution in [0.15, 0.2) is 30.3 Å². The molecule has 1 rings (SSSR count). The zero-order valence-corrected chi connectivity index (χ0v) is 7.09. The number of rotatable bonds is 1. The summed E-state index contributed by atoms with van der Waals surface area (Å²) in [7, 11) is 5.08. The van der Waals surface area contributed by atoms with Crippen LogP contribution in [0.5, 0.6) is 0 Å². The molecular weight excluding hydrogens is 143 g/mol. The van der Waals surface area contributed by atoms with Gasteiger partial charge in [-0.3, -0.25) is 0 Å². The monoisotopic (exact) mass is 154 g/mol. The minimum atomic E-state index is -0.409. The normalized spacial score (nSPS) is 8.40. The molecule has 0 heterocycles. The molecular formula is C6H11BO2Si. The molecule has 0 atom stereocenters. The number of hydrogen-bond donors (Lipinski definition) is 0. The van der Waals surface area contributed by atoms with Gasteiger partial charge in [-0.25, -0.2) is 0 Å².